The van der Waals surface area contributed by atoms with Gasteiger partial charge < -0.3 is 29.8 Å². The molecule has 11 heteroatoms. The van der Waals surface area contributed by atoms with Gasteiger partial charge in [-0.15, -0.1) is 11.8 Å². The molecular weight excluding hydrogens is 481 g/mol. The maximum absolute atomic E-state index is 13.6. The van der Waals surface area contributed by atoms with E-state index >= 15 is 0 Å². The van der Waals surface area contributed by atoms with Gasteiger partial charge in [0, 0.05) is 35.5 Å². The first-order chi connectivity index (χ1) is 16.6. The number of benzene rings is 1. The summed E-state index contributed by atoms with van der Waals surface area (Å²) in [5.74, 6) is -5.27. The number of aryl methyl sites for hydroxylation is 1. The second-order valence-corrected chi connectivity index (χ2v) is 10.2. The van der Waals surface area contributed by atoms with Crippen LogP contribution in [0.25, 0.3) is 0 Å². The molecule has 35 heavy (non-hydrogen) atoms. The van der Waals surface area contributed by atoms with Crippen LogP contribution in [0.3, 0.4) is 0 Å². The highest BCUT2D eigenvalue weighted by Gasteiger charge is 2.78. The largest absolute Gasteiger partial charge is 0.437 e. The van der Waals surface area contributed by atoms with E-state index in [9.17, 15) is 23.9 Å². The fraction of sp³-hybridized carbons (Fsp3) is 0.625. The normalized spacial score (nSPS) is 29.7. The molecule has 3 N–H and O–H groups in total. The molecule has 7 atom stereocenters. The summed E-state index contributed by atoms with van der Waals surface area (Å²) in [6, 6.07) is 4.63. The Morgan fingerprint density at radius 3 is 2.57 bits per heavy atom. The number of fused-ring (bicyclic) bond motifs is 1. The van der Waals surface area contributed by atoms with Crippen LogP contribution in [0.5, 0.6) is 0 Å². The number of nitrogens with two attached hydrogens (primary N) is 1. The summed E-state index contributed by atoms with van der Waals surface area (Å²) in [6.45, 7) is 4.29. The molecule has 0 radical (unpaired) electrons. The lowest BCUT2D eigenvalue weighted by molar-refractivity contribution is -0.172. The van der Waals surface area contributed by atoms with Gasteiger partial charge in [0.05, 0.1) is 17.9 Å². The van der Waals surface area contributed by atoms with Crippen molar-refractivity contribution >= 4 is 29.7 Å². The molecule has 2 aliphatic rings. The zero-order valence-corrected chi connectivity index (χ0v) is 21.0. The fourth-order valence-corrected chi connectivity index (χ4v) is 5.95. The molecule has 2 fully saturated rings. The standard InChI is InChI=1S/C24H32FNO8S/c1-5-12(2)21(28)32-11-33-22(29)18-17-19(18)24(26,23(30)34-10-31-4)15(20(17)27)9-35-14-6-7-16(25)13(3)8-14/h6-8,12,15,17-20,27H,5,9-11,26H2,1-4H3/t12-,15+,17-,18-,19-,20+,24-/m0/s1. The number of aliphatic hydroxyl groups is 1. The number of ether oxygens (including phenoxy) is 4. The number of thioether (sulfide) groups is 1. The predicted molar refractivity (Wildman–Crippen MR) is 123 cm³/mol. The van der Waals surface area contributed by atoms with Gasteiger partial charge in [0.2, 0.25) is 6.79 Å². The number of carbonyl (C=O) groups is 3. The molecule has 0 saturated heterocycles. The molecule has 0 amide bonds. The van der Waals surface area contributed by atoms with Gasteiger partial charge in [-0.25, -0.2) is 9.18 Å². The second kappa shape index (κ2) is 11.2. The number of hydrogen-bond acceptors (Lipinski definition) is 10. The van der Waals surface area contributed by atoms with Crippen molar-refractivity contribution in [1.82, 2.24) is 0 Å². The molecule has 0 aliphatic heterocycles. The molecule has 0 aromatic heterocycles. The van der Waals surface area contributed by atoms with Crippen LogP contribution in [-0.2, 0) is 33.3 Å². The third-order valence-electron chi connectivity index (χ3n) is 6.96. The lowest BCUT2D eigenvalue weighted by Crippen LogP contribution is -2.59. The molecule has 1 aromatic rings. The van der Waals surface area contributed by atoms with Gasteiger partial charge in [0.15, 0.2) is 6.79 Å². The maximum Gasteiger partial charge on any atom is 0.328 e. The summed E-state index contributed by atoms with van der Waals surface area (Å²) >= 11 is 1.32. The zero-order valence-electron chi connectivity index (χ0n) is 20.2. The molecule has 2 saturated carbocycles. The minimum atomic E-state index is -1.66. The number of hydrogen-bond donors (Lipinski definition) is 2. The van der Waals surface area contributed by atoms with Crippen molar-refractivity contribution in [3.05, 3.63) is 29.6 Å². The van der Waals surface area contributed by atoms with Gasteiger partial charge in [-0.05, 0) is 37.1 Å². The molecule has 0 spiro atoms. The summed E-state index contributed by atoms with van der Waals surface area (Å²) in [4.78, 5) is 38.2. The summed E-state index contributed by atoms with van der Waals surface area (Å²) in [5, 5.41) is 11.0. The highest BCUT2D eigenvalue weighted by atomic mass is 32.2. The molecular formula is C24H32FNO8S. The van der Waals surface area contributed by atoms with Gasteiger partial charge in [-0.3, -0.25) is 9.59 Å². The topological polar surface area (TPSA) is 134 Å². The van der Waals surface area contributed by atoms with Crippen molar-refractivity contribution in [2.24, 2.45) is 35.3 Å². The molecule has 2 aliphatic carbocycles. The van der Waals surface area contributed by atoms with E-state index in [4.69, 9.17) is 24.7 Å². The highest BCUT2D eigenvalue weighted by molar-refractivity contribution is 7.99. The van der Waals surface area contributed by atoms with Crippen LogP contribution in [0.4, 0.5) is 4.39 Å². The van der Waals surface area contributed by atoms with Crippen LogP contribution in [0.1, 0.15) is 25.8 Å². The van der Waals surface area contributed by atoms with E-state index in [0.29, 0.717) is 12.0 Å². The summed E-state index contributed by atoms with van der Waals surface area (Å²) in [7, 11) is 1.35. The average Bonchev–Trinajstić information content (AvgIpc) is 3.55. The summed E-state index contributed by atoms with van der Waals surface area (Å²) in [5.41, 5.74) is 5.40. The fourth-order valence-electron chi connectivity index (χ4n) is 4.68. The number of halogens is 1. The Kier molecular flexibility index (Phi) is 8.79. The lowest BCUT2D eigenvalue weighted by atomic mass is 9.81. The minimum absolute atomic E-state index is 0.242. The van der Waals surface area contributed by atoms with Crippen LogP contribution in [0.2, 0.25) is 0 Å². The molecule has 0 bridgehead atoms. The van der Waals surface area contributed by atoms with Crippen molar-refractivity contribution in [1.29, 1.82) is 0 Å². The van der Waals surface area contributed by atoms with Crippen LogP contribution < -0.4 is 5.73 Å². The van der Waals surface area contributed by atoms with Gasteiger partial charge >= 0.3 is 17.9 Å². The second-order valence-electron chi connectivity index (χ2n) is 9.07. The Morgan fingerprint density at radius 2 is 1.94 bits per heavy atom. The van der Waals surface area contributed by atoms with E-state index in [1.807, 2.05) is 6.92 Å². The predicted octanol–water partition coefficient (Wildman–Crippen LogP) is 2.01. The molecule has 194 valence electrons. The Balaban J connectivity index is 1.70. The SMILES string of the molecule is CC[C@H](C)C(=O)OCOC(=O)[C@H]1[C@@H]2[C@H](O)[C@@H](CSc3ccc(F)c(C)c3)[C@@](N)(C(=O)OCOC)[C@H]12. The summed E-state index contributed by atoms with van der Waals surface area (Å²) in [6.07, 6.45) is -0.489. The number of carbonyl (C=O) groups excluding carboxylic acids is 3. The molecule has 3 rings (SSSR count). The Morgan fingerprint density at radius 1 is 1.23 bits per heavy atom. The number of aliphatic hydroxyl groups excluding tert-OH is 1. The first-order valence-electron chi connectivity index (χ1n) is 11.4. The number of methoxy groups -OCH3 is 1. The minimum Gasteiger partial charge on any atom is -0.437 e. The maximum atomic E-state index is 13.6. The zero-order chi connectivity index (χ0) is 25.9. The van der Waals surface area contributed by atoms with Gasteiger partial charge in [0.25, 0.3) is 0 Å². The van der Waals surface area contributed by atoms with Crippen LogP contribution in [0, 0.1) is 42.3 Å². The average molecular weight is 514 g/mol. The summed E-state index contributed by atoms with van der Waals surface area (Å²) < 4.78 is 33.6. The van der Waals surface area contributed by atoms with E-state index in [1.54, 1.807) is 26.0 Å². The van der Waals surface area contributed by atoms with Gasteiger partial charge in [0.1, 0.15) is 11.4 Å². The molecule has 0 heterocycles. The Hall–Kier alpha value is -2.21. The first-order valence-corrected chi connectivity index (χ1v) is 12.4. The monoisotopic (exact) mass is 513 g/mol. The van der Waals surface area contributed by atoms with Crippen molar-refractivity contribution in [3.8, 4) is 0 Å². The van der Waals surface area contributed by atoms with Crippen LogP contribution >= 0.6 is 11.8 Å². The quantitative estimate of drug-likeness (QED) is 0.257. The van der Waals surface area contributed by atoms with E-state index in [-0.39, 0.29) is 24.3 Å². The van der Waals surface area contributed by atoms with Gasteiger partial charge in [-0.2, -0.15) is 0 Å². The van der Waals surface area contributed by atoms with Crippen LogP contribution in [-0.4, -0.2) is 61.1 Å². The smallest absolute Gasteiger partial charge is 0.328 e. The van der Waals surface area contributed by atoms with Crippen LogP contribution in [0.15, 0.2) is 23.1 Å². The van der Waals surface area contributed by atoms with Crippen molar-refractivity contribution < 1.29 is 42.8 Å². The molecule has 9 nitrogen and oxygen atoms in total. The van der Waals surface area contributed by atoms with Crippen molar-refractivity contribution in [3.63, 3.8) is 0 Å². The van der Waals surface area contributed by atoms with Gasteiger partial charge in [-0.1, -0.05) is 13.8 Å². The number of rotatable bonds is 11. The van der Waals surface area contributed by atoms with Crippen molar-refractivity contribution in [2.45, 2.75) is 43.7 Å². The third-order valence-corrected chi connectivity index (χ3v) is 8.07. The molecule has 1 aromatic carbocycles. The van der Waals surface area contributed by atoms with E-state index < -0.39 is 60.0 Å². The number of esters is 3. The molecule has 0 unspecified atom stereocenters. The van der Waals surface area contributed by atoms with E-state index in [2.05, 4.69) is 0 Å². The van der Waals surface area contributed by atoms with Crippen molar-refractivity contribution in [2.75, 3.05) is 26.4 Å². The van der Waals surface area contributed by atoms with E-state index in [0.717, 1.165) is 4.90 Å². The van der Waals surface area contributed by atoms with E-state index in [1.165, 1.54) is 24.9 Å². The Labute approximate surface area is 207 Å². The third kappa shape index (κ3) is 5.47. The lowest BCUT2D eigenvalue weighted by Gasteiger charge is -2.34. The highest BCUT2D eigenvalue weighted by Crippen LogP contribution is 2.64. The first kappa shape index (κ1) is 27.4. The Bertz CT molecular complexity index is 961.